The fraction of sp³-hybridized carbons (Fsp3) is 0.353. The van der Waals surface area contributed by atoms with Crippen LogP contribution in [0.1, 0.15) is 29.2 Å². The second-order valence-corrected chi connectivity index (χ2v) is 6.45. The lowest BCUT2D eigenvalue weighted by molar-refractivity contribution is 0.102. The molecule has 1 aliphatic heterocycles. The summed E-state index contributed by atoms with van der Waals surface area (Å²) in [6.07, 6.45) is 5.30. The number of rotatable bonds is 4. The number of nitrogens with zero attached hydrogens (tertiary/aromatic N) is 7. The third-order valence-corrected chi connectivity index (χ3v) is 4.69. The van der Waals surface area contributed by atoms with Crippen molar-refractivity contribution in [3.05, 3.63) is 48.4 Å². The molecule has 0 saturated carbocycles. The van der Waals surface area contributed by atoms with Gasteiger partial charge in [0.15, 0.2) is 0 Å². The summed E-state index contributed by atoms with van der Waals surface area (Å²) in [5.41, 5.74) is 1.36. The molecule has 0 radical (unpaired) electrons. The number of aromatic nitrogens is 6. The summed E-state index contributed by atoms with van der Waals surface area (Å²) >= 11 is 0. The molecule has 2 aromatic heterocycles. The van der Waals surface area contributed by atoms with E-state index in [2.05, 4.69) is 37.9 Å². The quantitative estimate of drug-likeness (QED) is 0.762. The molecule has 26 heavy (non-hydrogen) atoms. The van der Waals surface area contributed by atoms with E-state index in [1.54, 1.807) is 30.5 Å². The lowest BCUT2D eigenvalue weighted by Gasteiger charge is -2.30. The highest BCUT2D eigenvalue weighted by Crippen LogP contribution is 2.25. The Labute approximate surface area is 150 Å². The standard InChI is InChI=1S/C17H20N8O/c1-23-10-7-15(8-11-23)25-16(6-9-19-25)20-17(26)13-2-4-14(5-3-13)24-12-18-21-22-24/h2-6,9,12,15H,7-8,10-11H2,1H3,(H,20,26). The van der Waals surface area contributed by atoms with Crippen molar-refractivity contribution in [3.63, 3.8) is 0 Å². The van der Waals surface area contributed by atoms with Crippen molar-refractivity contribution in [2.45, 2.75) is 18.9 Å². The molecular weight excluding hydrogens is 332 g/mol. The Morgan fingerprint density at radius 2 is 1.92 bits per heavy atom. The van der Waals surface area contributed by atoms with E-state index in [-0.39, 0.29) is 5.91 Å². The number of likely N-dealkylation sites (tertiary alicyclic amines) is 1. The average molecular weight is 352 g/mol. The molecule has 0 atom stereocenters. The summed E-state index contributed by atoms with van der Waals surface area (Å²) in [7, 11) is 2.13. The molecule has 0 aliphatic carbocycles. The minimum Gasteiger partial charge on any atom is -0.307 e. The van der Waals surface area contributed by atoms with E-state index in [4.69, 9.17) is 0 Å². The number of amides is 1. The predicted octanol–water partition coefficient (Wildman–Crippen LogP) is 1.38. The van der Waals surface area contributed by atoms with Crippen LogP contribution in [0.2, 0.25) is 0 Å². The van der Waals surface area contributed by atoms with Gasteiger partial charge in [0, 0.05) is 11.6 Å². The number of tetrazole rings is 1. The molecule has 9 nitrogen and oxygen atoms in total. The number of carbonyl (C=O) groups excluding carboxylic acids is 1. The van der Waals surface area contributed by atoms with Gasteiger partial charge in [-0.05, 0) is 67.7 Å². The van der Waals surface area contributed by atoms with Gasteiger partial charge >= 0.3 is 0 Å². The fourth-order valence-electron chi connectivity index (χ4n) is 3.18. The smallest absolute Gasteiger partial charge is 0.256 e. The molecule has 1 saturated heterocycles. The van der Waals surface area contributed by atoms with Crippen molar-refractivity contribution in [2.24, 2.45) is 0 Å². The normalized spacial score (nSPS) is 15.9. The second-order valence-electron chi connectivity index (χ2n) is 6.45. The van der Waals surface area contributed by atoms with Gasteiger partial charge in [-0.3, -0.25) is 4.79 Å². The number of anilines is 1. The Bertz CT molecular complexity index is 863. The zero-order chi connectivity index (χ0) is 17.9. The maximum Gasteiger partial charge on any atom is 0.256 e. The van der Waals surface area contributed by atoms with Crippen LogP contribution in [0.15, 0.2) is 42.9 Å². The number of benzene rings is 1. The van der Waals surface area contributed by atoms with Crippen molar-refractivity contribution in [3.8, 4) is 5.69 Å². The zero-order valence-electron chi connectivity index (χ0n) is 14.5. The van der Waals surface area contributed by atoms with Crippen molar-refractivity contribution in [1.82, 2.24) is 34.9 Å². The molecule has 1 fully saturated rings. The van der Waals surface area contributed by atoms with E-state index in [1.807, 2.05) is 10.7 Å². The minimum atomic E-state index is -0.164. The molecule has 9 heteroatoms. The first-order chi connectivity index (χ1) is 12.7. The van der Waals surface area contributed by atoms with Crippen molar-refractivity contribution in [2.75, 3.05) is 25.5 Å². The summed E-state index contributed by atoms with van der Waals surface area (Å²) in [6, 6.07) is 9.27. The van der Waals surface area contributed by atoms with Gasteiger partial charge in [0.05, 0.1) is 17.9 Å². The molecule has 4 rings (SSSR count). The van der Waals surface area contributed by atoms with Crippen molar-refractivity contribution in [1.29, 1.82) is 0 Å². The third kappa shape index (κ3) is 3.33. The summed E-state index contributed by atoms with van der Waals surface area (Å²) in [5.74, 6) is 0.567. The van der Waals surface area contributed by atoms with Crippen LogP contribution < -0.4 is 5.32 Å². The predicted molar refractivity (Wildman–Crippen MR) is 95.1 cm³/mol. The first kappa shape index (κ1) is 16.4. The Balaban J connectivity index is 1.46. The van der Waals surface area contributed by atoms with E-state index < -0.39 is 0 Å². The maximum atomic E-state index is 12.6. The fourth-order valence-corrected chi connectivity index (χ4v) is 3.18. The third-order valence-electron chi connectivity index (χ3n) is 4.69. The van der Waals surface area contributed by atoms with E-state index in [1.165, 1.54) is 11.0 Å². The van der Waals surface area contributed by atoms with Gasteiger partial charge in [0.2, 0.25) is 0 Å². The molecule has 0 bridgehead atoms. The molecule has 134 valence electrons. The summed E-state index contributed by atoms with van der Waals surface area (Å²) < 4.78 is 3.47. The lowest BCUT2D eigenvalue weighted by atomic mass is 10.1. The van der Waals surface area contributed by atoms with Crippen LogP contribution in [0.4, 0.5) is 5.82 Å². The first-order valence-corrected chi connectivity index (χ1v) is 8.57. The molecule has 3 aromatic rings. The van der Waals surface area contributed by atoms with E-state index in [0.717, 1.165) is 37.4 Å². The van der Waals surface area contributed by atoms with Gasteiger partial charge in [0.25, 0.3) is 5.91 Å². The Kier molecular flexibility index (Phi) is 4.44. The van der Waals surface area contributed by atoms with E-state index >= 15 is 0 Å². The average Bonchev–Trinajstić information content (AvgIpc) is 3.35. The highest BCUT2D eigenvalue weighted by molar-refractivity contribution is 6.03. The van der Waals surface area contributed by atoms with Crippen LogP contribution >= 0.6 is 0 Å². The van der Waals surface area contributed by atoms with Gasteiger partial charge in [-0.25, -0.2) is 9.36 Å². The number of nitrogens with one attached hydrogen (secondary N) is 1. The van der Waals surface area contributed by atoms with Crippen LogP contribution in [0.25, 0.3) is 5.69 Å². The Morgan fingerprint density at radius 1 is 1.15 bits per heavy atom. The number of hydrogen-bond acceptors (Lipinski definition) is 6. The highest BCUT2D eigenvalue weighted by atomic mass is 16.1. The monoisotopic (exact) mass is 352 g/mol. The van der Waals surface area contributed by atoms with Crippen LogP contribution in [-0.2, 0) is 0 Å². The molecule has 1 aromatic carbocycles. The van der Waals surface area contributed by atoms with Crippen LogP contribution in [0.3, 0.4) is 0 Å². The van der Waals surface area contributed by atoms with Crippen LogP contribution in [0, 0.1) is 0 Å². The van der Waals surface area contributed by atoms with E-state index in [9.17, 15) is 4.79 Å². The van der Waals surface area contributed by atoms with Crippen LogP contribution in [0.5, 0.6) is 0 Å². The summed E-state index contributed by atoms with van der Waals surface area (Å²) in [5, 5.41) is 18.4. The SMILES string of the molecule is CN1CCC(n2nccc2NC(=O)c2ccc(-n3cnnn3)cc2)CC1. The number of piperidine rings is 1. The van der Waals surface area contributed by atoms with Crippen LogP contribution in [-0.4, -0.2) is 60.9 Å². The first-order valence-electron chi connectivity index (χ1n) is 8.57. The highest BCUT2D eigenvalue weighted by Gasteiger charge is 2.21. The van der Waals surface area contributed by atoms with Gasteiger partial charge in [-0.15, -0.1) is 5.10 Å². The molecule has 0 unspecified atom stereocenters. The molecule has 0 spiro atoms. The second kappa shape index (κ2) is 7.04. The molecule has 1 N–H and O–H groups in total. The van der Waals surface area contributed by atoms with Gasteiger partial charge in [0.1, 0.15) is 12.1 Å². The van der Waals surface area contributed by atoms with Crippen molar-refractivity contribution < 1.29 is 4.79 Å². The summed E-state index contributed by atoms with van der Waals surface area (Å²) in [6.45, 7) is 2.08. The topological polar surface area (TPSA) is 93.8 Å². The number of carbonyl (C=O) groups is 1. The van der Waals surface area contributed by atoms with Crippen molar-refractivity contribution >= 4 is 11.7 Å². The zero-order valence-corrected chi connectivity index (χ0v) is 14.5. The minimum absolute atomic E-state index is 0.164. The molecule has 3 heterocycles. The van der Waals surface area contributed by atoms with Gasteiger partial charge in [-0.1, -0.05) is 0 Å². The lowest BCUT2D eigenvalue weighted by Crippen LogP contribution is -2.32. The van der Waals surface area contributed by atoms with Gasteiger partial charge in [-0.2, -0.15) is 5.10 Å². The molecular formula is C17H20N8O. The molecule has 1 aliphatic rings. The Hall–Kier alpha value is -3.07. The number of hydrogen-bond donors (Lipinski definition) is 1. The van der Waals surface area contributed by atoms with Gasteiger partial charge < -0.3 is 10.2 Å². The maximum absolute atomic E-state index is 12.6. The summed E-state index contributed by atoms with van der Waals surface area (Å²) in [4.78, 5) is 14.9. The molecule has 1 amide bonds. The Morgan fingerprint density at radius 3 is 2.62 bits per heavy atom. The largest absolute Gasteiger partial charge is 0.307 e. The van der Waals surface area contributed by atoms with E-state index in [0.29, 0.717) is 11.6 Å².